The molecule has 1 fully saturated rings. The Balaban J connectivity index is 1.35. The molecule has 1 saturated heterocycles. The molecule has 0 saturated carbocycles. The molecule has 0 radical (unpaired) electrons. The Hall–Kier alpha value is -3.15. The van der Waals surface area contributed by atoms with E-state index >= 15 is 0 Å². The van der Waals surface area contributed by atoms with Gasteiger partial charge in [-0.25, -0.2) is 13.2 Å². The van der Waals surface area contributed by atoms with Gasteiger partial charge in [-0.05, 0) is 42.8 Å². The van der Waals surface area contributed by atoms with Crippen molar-refractivity contribution in [3.8, 4) is 11.5 Å². The van der Waals surface area contributed by atoms with Crippen molar-refractivity contribution in [2.24, 2.45) is 0 Å². The average molecular weight is 477 g/mol. The summed E-state index contributed by atoms with van der Waals surface area (Å²) in [4.78, 5) is 24.9. The van der Waals surface area contributed by atoms with Gasteiger partial charge in [0.05, 0.1) is 23.7 Å². The van der Waals surface area contributed by atoms with Gasteiger partial charge in [-0.1, -0.05) is 12.1 Å². The lowest BCUT2D eigenvalue weighted by Crippen LogP contribution is -2.40. The zero-order chi connectivity index (χ0) is 23.4. The predicted octanol–water partition coefficient (Wildman–Crippen LogP) is 1.30. The molecule has 0 aliphatic carbocycles. The van der Waals surface area contributed by atoms with Gasteiger partial charge in [-0.2, -0.15) is 4.31 Å². The van der Waals surface area contributed by atoms with E-state index in [9.17, 15) is 18.0 Å². The van der Waals surface area contributed by atoms with Gasteiger partial charge in [-0.3, -0.25) is 4.79 Å². The van der Waals surface area contributed by atoms with Crippen LogP contribution in [-0.4, -0.2) is 63.8 Å². The number of ether oxygens (including phenoxy) is 4. The maximum atomic E-state index is 12.8. The Kier molecular flexibility index (Phi) is 6.82. The smallest absolute Gasteiger partial charge is 0.338 e. The topological polar surface area (TPSA) is 120 Å². The number of amides is 1. The lowest BCUT2D eigenvalue weighted by Gasteiger charge is -2.26. The molecular weight excluding hydrogens is 452 g/mol. The maximum absolute atomic E-state index is 12.8. The predicted molar refractivity (Wildman–Crippen MR) is 115 cm³/mol. The molecule has 10 nitrogen and oxygen atoms in total. The van der Waals surface area contributed by atoms with Crippen molar-refractivity contribution >= 4 is 21.9 Å². The first-order chi connectivity index (χ1) is 15.8. The number of rotatable bonds is 7. The van der Waals surface area contributed by atoms with Crippen molar-refractivity contribution in [3.05, 3.63) is 53.6 Å². The van der Waals surface area contributed by atoms with E-state index in [1.807, 2.05) is 0 Å². The van der Waals surface area contributed by atoms with Gasteiger partial charge in [0.2, 0.25) is 16.8 Å². The Bertz CT molecular complexity index is 1140. The van der Waals surface area contributed by atoms with E-state index in [1.54, 1.807) is 18.2 Å². The van der Waals surface area contributed by atoms with Crippen molar-refractivity contribution < 1.29 is 37.0 Å². The molecule has 11 heteroatoms. The fourth-order valence-corrected chi connectivity index (χ4v) is 4.84. The summed E-state index contributed by atoms with van der Waals surface area (Å²) in [6.07, 6.45) is -1.08. The van der Waals surface area contributed by atoms with Gasteiger partial charge < -0.3 is 24.3 Å². The molecule has 1 atom stereocenters. The summed E-state index contributed by atoms with van der Waals surface area (Å²) in [5.74, 6) is -0.0313. The number of nitrogens with one attached hydrogen (secondary N) is 1. The largest absolute Gasteiger partial charge is 0.454 e. The molecule has 176 valence electrons. The van der Waals surface area contributed by atoms with E-state index in [0.29, 0.717) is 24.7 Å². The number of sulfonamides is 1. The molecule has 2 aromatic carbocycles. The highest BCUT2D eigenvalue weighted by molar-refractivity contribution is 7.89. The number of fused-ring (bicyclic) bond motifs is 1. The Labute approximate surface area is 191 Å². The van der Waals surface area contributed by atoms with Gasteiger partial charge in [0.15, 0.2) is 17.6 Å². The van der Waals surface area contributed by atoms with Crippen LogP contribution in [0.5, 0.6) is 11.5 Å². The lowest BCUT2D eigenvalue weighted by atomic mass is 10.2. The van der Waals surface area contributed by atoms with E-state index in [1.165, 1.54) is 35.5 Å². The monoisotopic (exact) mass is 476 g/mol. The summed E-state index contributed by atoms with van der Waals surface area (Å²) >= 11 is 0. The fourth-order valence-electron chi connectivity index (χ4n) is 3.39. The fraction of sp³-hybridized carbons (Fsp3) is 0.364. The van der Waals surface area contributed by atoms with Crippen LogP contribution < -0.4 is 14.8 Å². The third kappa shape index (κ3) is 5.27. The van der Waals surface area contributed by atoms with Gasteiger partial charge in [0.1, 0.15) is 0 Å². The normalized spacial score (nSPS) is 16.8. The number of benzene rings is 2. The summed E-state index contributed by atoms with van der Waals surface area (Å²) < 4.78 is 48.0. The number of esters is 1. The van der Waals surface area contributed by atoms with Crippen LogP contribution in [0.15, 0.2) is 47.4 Å². The van der Waals surface area contributed by atoms with E-state index < -0.39 is 28.0 Å². The summed E-state index contributed by atoms with van der Waals surface area (Å²) in [5.41, 5.74) is 0.840. The zero-order valence-electron chi connectivity index (χ0n) is 18.0. The van der Waals surface area contributed by atoms with E-state index in [-0.39, 0.29) is 36.9 Å². The van der Waals surface area contributed by atoms with Crippen LogP contribution in [0, 0.1) is 0 Å². The zero-order valence-corrected chi connectivity index (χ0v) is 18.8. The highest BCUT2D eigenvalue weighted by Gasteiger charge is 2.27. The van der Waals surface area contributed by atoms with Crippen LogP contribution in [0.2, 0.25) is 0 Å². The van der Waals surface area contributed by atoms with Crippen LogP contribution in [0.1, 0.15) is 22.8 Å². The number of hydrogen-bond donors (Lipinski definition) is 1. The maximum Gasteiger partial charge on any atom is 0.338 e. The minimum absolute atomic E-state index is 0.0150. The third-order valence-corrected chi connectivity index (χ3v) is 7.13. The van der Waals surface area contributed by atoms with Crippen molar-refractivity contribution in [1.82, 2.24) is 9.62 Å². The average Bonchev–Trinajstić information content (AvgIpc) is 3.31. The summed E-state index contributed by atoms with van der Waals surface area (Å²) in [6.45, 7) is 2.95. The first-order valence-corrected chi connectivity index (χ1v) is 11.8. The highest BCUT2D eigenvalue weighted by Crippen LogP contribution is 2.32. The molecule has 0 aromatic heterocycles. The Morgan fingerprint density at radius 1 is 1.09 bits per heavy atom. The number of morpholine rings is 1. The van der Waals surface area contributed by atoms with Gasteiger partial charge in [0.25, 0.3) is 5.91 Å². The van der Waals surface area contributed by atoms with Crippen molar-refractivity contribution in [3.63, 3.8) is 0 Å². The molecular formula is C22H24N2O8S. The third-order valence-electron chi connectivity index (χ3n) is 5.23. The van der Waals surface area contributed by atoms with Gasteiger partial charge in [0, 0.05) is 19.6 Å². The molecule has 2 heterocycles. The molecule has 2 aromatic rings. The minimum Gasteiger partial charge on any atom is -0.454 e. The molecule has 2 aliphatic rings. The second-order valence-electron chi connectivity index (χ2n) is 7.50. The Morgan fingerprint density at radius 3 is 2.64 bits per heavy atom. The molecule has 0 bridgehead atoms. The first-order valence-electron chi connectivity index (χ1n) is 10.4. The molecule has 0 spiro atoms. The molecule has 1 amide bonds. The number of nitrogens with zero attached hydrogens (tertiary/aromatic N) is 1. The second kappa shape index (κ2) is 9.77. The number of hydrogen-bond acceptors (Lipinski definition) is 8. The number of carbonyl (C=O) groups excluding carboxylic acids is 2. The van der Waals surface area contributed by atoms with Crippen molar-refractivity contribution in [2.45, 2.75) is 24.5 Å². The van der Waals surface area contributed by atoms with E-state index in [0.717, 1.165) is 5.56 Å². The minimum atomic E-state index is -3.76. The highest BCUT2D eigenvalue weighted by atomic mass is 32.2. The standard InChI is InChI=1S/C22H24N2O8S/c1-15(21(25)23-13-16-5-6-19-20(11-16)31-14-30-19)32-22(26)17-3-2-4-18(12-17)33(27,28)24-7-9-29-10-8-24/h2-6,11-12,15H,7-10,13-14H2,1H3,(H,23,25)/t15-/m0/s1. The SMILES string of the molecule is C[C@H](OC(=O)c1cccc(S(=O)(=O)N2CCOCC2)c1)C(=O)NCc1ccc2c(c1)OCO2. The molecule has 2 aliphatic heterocycles. The molecule has 4 rings (SSSR count). The second-order valence-corrected chi connectivity index (χ2v) is 9.44. The summed E-state index contributed by atoms with van der Waals surface area (Å²) in [7, 11) is -3.76. The lowest BCUT2D eigenvalue weighted by molar-refractivity contribution is -0.129. The van der Waals surface area contributed by atoms with Crippen molar-refractivity contribution in [2.75, 3.05) is 33.1 Å². The molecule has 0 unspecified atom stereocenters. The van der Waals surface area contributed by atoms with E-state index in [2.05, 4.69) is 5.32 Å². The van der Waals surface area contributed by atoms with Crippen LogP contribution in [-0.2, 0) is 30.8 Å². The number of carbonyl (C=O) groups is 2. The first kappa shape index (κ1) is 23.0. The summed E-state index contributed by atoms with van der Waals surface area (Å²) in [5, 5.41) is 2.70. The quantitative estimate of drug-likeness (QED) is 0.594. The van der Waals surface area contributed by atoms with Gasteiger partial charge in [-0.15, -0.1) is 0 Å². The van der Waals surface area contributed by atoms with E-state index in [4.69, 9.17) is 18.9 Å². The van der Waals surface area contributed by atoms with Crippen LogP contribution in [0.3, 0.4) is 0 Å². The van der Waals surface area contributed by atoms with Crippen LogP contribution >= 0.6 is 0 Å². The van der Waals surface area contributed by atoms with Crippen molar-refractivity contribution in [1.29, 1.82) is 0 Å². The molecule has 33 heavy (non-hydrogen) atoms. The van der Waals surface area contributed by atoms with Crippen LogP contribution in [0.25, 0.3) is 0 Å². The van der Waals surface area contributed by atoms with Gasteiger partial charge >= 0.3 is 5.97 Å². The molecule has 1 N–H and O–H groups in total. The van der Waals surface area contributed by atoms with Crippen LogP contribution in [0.4, 0.5) is 0 Å². The Morgan fingerprint density at radius 2 is 1.85 bits per heavy atom. The summed E-state index contributed by atoms with van der Waals surface area (Å²) in [6, 6.07) is 10.9.